The molecule has 0 fully saturated rings. The van der Waals surface area contributed by atoms with Crippen molar-refractivity contribution in [1.82, 2.24) is 15.5 Å². The molecule has 2 rings (SSSR count). The number of urea groups is 1. The predicted molar refractivity (Wildman–Crippen MR) is 75.4 cm³/mol. The number of nitrogens with one attached hydrogen (secondary N) is 2. The standard InChI is InChI=1S/C14H18N4O2/c1-4-12(11-5-7-15-8-6-11)16-14(19)17-13-9(2)18-20-10(13)3/h5-8,12H,4H2,1-3H3,(H2,16,17,19). The molecule has 0 saturated heterocycles. The van der Waals surface area contributed by atoms with Gasteiger partial charge in [-0.2, -0.15) is 0 Å². The number of nitrogens with zero attached hydrogens (tertiary/aromatic N) is 2. The van der Waals surface area contributed by atoms with Crippen molar-refractivity contribution >= 4 is 11.7 Å². The number of pyridine rings is 1. The molecule has 2 aromatic rings. The molecular weight excluding hydrogens is 256 g/mol. The summed E-state index contributed by atoms with van der Waals surface area (Å²) in [5, 5.41) is 9.50. The molecule has 0 aliphatic carbocycles. The lowest BCUT2D eigenvalue weighted by molar-refractivity contribution is 0.248. The zero-order chi connectivity index (χ0) is 14.5. The summed E-state index contributed by atoms with van der Waals surface area (Å²) in [5.74, 6) is 0.592. The zero-order valence-corrected chi connectivity index (χ0v) is 11.8. The number of carbonyl (C=O) groups is 1. The number of hydrogen-bond acceptors (Lipinski definition) is 4. The largest absolute Gasteiger partial charge is 0.359 e. The average Bonchev–Trinajstić information content (AvgIpc) is 2.77. The van der Waals surface area contributed by atoms with Crippen molar-refractivity contribution in [2.24, 2.45) is 0 Å². The third kappa shape index (κ3) is 3.14. The summed E-state index contributed by atoms with van der Waals surface area (Å²) in [6.45, 7) is 5.56. The summed E-state index contributed by atoms with van der Waals surface area (Å²) in [6.07, 6.45) is 4.22. The Bertz CT molecular complexity index is 561. The van der Waals surface area contributed by atoms with Gasteiger partial charge >= 0.3 is 6.03 Å². The SMILES string of the molecule is CCC(NC(=O)Nc1c(C)noc1C)c1ccncc1. The van der Waals surface area contributed by atoms with Gasteiger partial charge in [0.1, 0.15) is 11.4 Å². The normalized spacial score (nSPS) is 11.9. The van der Waals surface area contributed by atoms with E-state index in [2.05, 4.69) is 20.8 Å². The molecule has 1 unspecified atom stereocenters. The maximum atomic E-state index is 12.1. The van der Waals surface area contributed by atoms with Crippen LogP contribution < -0.4 is 10.6 Å². The molecule has 0 aliphatic rings. The molecule has 0 spiro atoms. The Kier molecular flexibility index (Phi) is 4.34. The number of aryl methyl sites for hydroxylation is 2. The highest BCUT2D eigenvalue weighted by molar-refractivity contribution is 5.90. The highest BCUT2D eigenvalue weighted by Gasteiger charge is 2.16. The molecular formula is C14H18N4O2. The molecule has 6 heteroatoms. The Balaban J connectivity index is 2.03. The first-order valence-electron chi connectivity index (χ1n) is 6.52. The van der Waals surface area contributed by atoms with Crippen molar-refractivity contribution in [3.8, 4) is 0 Å². The Morgan fingerprint density at radius 2 is 2.05 bits per heavy atom. The first-order chi connectivity index (χ1) is 9.61. The zero-order valence-electron chi connectivity index (χ0n) is 11.8. The lowest BCUT2D eigenvalue weighted by Crippen LogP contribution is -2.32. The molecule has 6 nitrogen and oxygen atoms in total. The third-order valence-corrected chi connectivity index (χ3v) is 3.09. The minimum Gasteiger partial charge on any atom is -0.359 e. The van der Waals surface area contributed by atoms with E-state index in [1.54, 1.807) is 26.2 Å². The number of anilines is 1. The number of rotatable bonds is 4. The predicted octanol–water partition coefficient (Wildman–Crippen LogP) is 2.96. The maximum Gasteiger partial charge on any atom is 0.319 e. The van der Waals surface area contributed by atoms with Crippen LogP contribution in [-0.4, -0.2) is 16.2 Å². The van der Waals surface area contributed by atoms with Crippen molar-refractivity contribution in [2.75, 3.05) is 5.32 Å². The van der Waals surface area contributed by atoms with Gasteiger partial charge in [-0.25, -0.2) is 4.79 Å². The van der Waals surface area contributed by atoms with Crippen LogP contribution in [0.1, 0.15) is 36.4 Å². The van der Waals surface area contributed by atoms with Gasteiger partial charge in [0, 0.05) is 12.4 Å². The number of hydrogen-bond donors (Lipinski definition) is 2. The summed E-state index contributed by atoms with van der Waals surface area (Å²) >= 11 is 0. The van der Waals surface area contributed by atoms with E-state index in [0.29, 0.717) is 17.1 Å². The Hall–Kier alpha value is -2.37. The molecule has 0 bridgehead atoms. The van der Waals surface area contributed by atoms with Crippen LogP contribution in [0, 0.1) is 13.8 Å². The number of aromatic nitrogens is 2. The van der Waals surface area contributed by atoms with Gasteiger partial charge in [-0.15, -0.1) is 0 Å². The minimum absolute atomic E-state index is 0.0570. The summed E-state index contributed by atoms with van der Waals surface area (Å²) in [6, 6.07) is 3.45. The van der Waals surface area contributed by atoms with E-state index in [1.807, 2.05) is 19.1 Å². The fourth-order valence-electron chi connectivity index (χ4n) is 1.99. The van der Waals surface area contributed by atoms with Gasteiger partial charge in [0.05, 0.1) is 6.04 Å². The second kappa shape index (κ2) is 6.18. The van der Waals surface area contributed by atoms with E-state index in [1.165, 1.54) is 0 Å². The molecule has 0 aromatic carbocycles. The summed E-state index contributed by atoms with van der Waals surface area (Å²) in [7, 11) is 0. The fourth-order valence-corrected chi connectivity index (χ4v) is 1.99. The van der Waals surface area contributed by atoms with Crippen LogP contribution >= 0.6 is 0 Å². The van der Waals surface area contributed by atoms with E-state index < -0.39 is 0 Å². The van der Waals surface area contributed by atoms with Gasteiger partial charge in [-0.1, -0.05) is 12.1 Å². The van der Waals surface area contributed by atoms with Crippen molar-refractivity contribution in [3.63, 3.8) is 0 Å². The monoisotopic (exact) mass is 274 g/mol. The van der Waals surface area contributed by atoms with E-state index in [0.717, 1.165) is 12.0 Å². The Morgan fingerprint density at radius 1 is 1.35 bits per heavy atom. The molecule has 20 heavy (non-hydrogen) atoms. The number of carbonyl (C=O) groups excluding carboxylic acids is 1. The first kappa shape index (κ1) is 14.0. The summed E-state index contributed by atoms with van der Waals surface area (Å²) < 4.78 is 5.01. The van der Waals surface area contributed by atoms with Gasteiger partial charge in [0.25, 0.3) is 0 Å². The Morgan fingerprint density at radius 3 is 2.60 bits per heavy atom. The van der Waals surface area contributed by atoms with Gasteiger partial charge in [-0.05, 0) is 38.0 Å². The quantitative estimate of drug-likeness (QED) is 0.898. The fraction of sp³-hybridized carbons (Fsp3) is 0.357. The lowest BCUT2D eigenvalue weighted by Gasteiger charge is -2.17. The molecule has 2 aromatic heterocycles. The van der Waals surface area contributed by atoms with E-state index in [-0.39, 0.29) is 12.1 Å². The maximum absolute atomic E-state index is 12.1. The second-order valence-corrected chi connectivity index (χ2v) is 4.54. The van der Waals surface area contributed by atoms with Gasteiger partial charge in [0.2, 0.25) is 0 Å². The van der Waals surface area contributed by atoms with Crippen molar-refractivity contribution in [2.45, 2.75) is 33.2 Å². The van der Waals surface area contributed by atoms with E-state index >= 15 is 0 Å². The van der Waals surface area contributed by atoms with Gasteiger partial charge in [-0.3, -0.25) is 4.98 Å². The lowest BCUT2D eigenvalue weighted by atomic mass is 10.1. The van der Waals surface area contributed by atoms with Crippen LogP contribution in [0.25, 0.3) is 0 Å². The van der Waals surface area contributed by atoms with Gasteiger partial charge < -0.3 is 15.2 Å². The van der Waals surface area contributed by atoms with Crippen LogP contribution in [0.2, 0.25) is 0 Å². The summed E-state index contributed by atoms with van der Waals surface area (Å²) in [4.78, 5) is 16.0. The molecule has 2 N–H and O–H groups in total. The van der Waals surface area contributed by atoms with Crippen molar-refractivity contribution in [1.29, 1.82) is 0 Å². The molecule has 0 aliphatic heterocycles. The highest BCUT2D eigenvalue weighted by Crippen LogP contribution is 2.19. The van der Waals surface area contributed by atoms with Crippen molar-refractivity contribution < 1.29 is 9.32 Å². The van der Waals surface area contributed by atoms with E-state index in [4.69, 9.17) is 4.52 Å². The van der Waals surface area contributed by atoms with E-state index in [9.17, 15) is 4.79 Å². The average molecular weight is 274 g/mol. The van der Waals surface area contributed by atoms with Crippen molar-refractivity contribution in [3.05, 3.63) is 41.5 Å². The minimum atomic E-state index is -0.275. The topological polar surface area (TPSA) is 80.0 Å². The molecule has 1 atom stereocenters. The van der Waals surface area contributed by atoms with Crippen LogP contribution in [-0.2, 0) is 0 Å². The molecule has 106 valence electrons. The molecule has 0 saturated carbocycles. The van der Waals surface area contributed by atoms with Crippen LogP contribution in [0.3, 0.4) is 0 Å². The molecule has 0 radical (unpaired) electrons. The summed E-state index contributed by atoms with van der Waals surface area (Å²) in [5.41, 5.74) is 2.30. The van der Waals surface area contributed by atoms with Gasteiger partial charge in [0.15, 0.2) is 5.76 Å². The van der Waals surface area contributed by atoms with Crippen LogP contribution in [0.5, 0.6) is 0 Å². The highest BCUT2D eigenvalue weighted by atomic mass is 16.5. The first-order valence-corrected chi connectivity index (χ1v) is 6.52. The number of amides is 2. The molecule has 2 amide bonds. The van der Waals surface area contributed by atoms with Crippen LogP contribution in [0.15, 0.2) is 29.0 Å². The smallest absolute Gasteiger partial charge is 0.319 e. The van der Waals surface area contributed by atoms with Crippen LogP contribution in [0.4, 0.5) is 10.5 Å². The molecule has 2 heterocycles. The Labute approximate surface area is 117 Å². The second-order valence-electron chi connectivity index (χ2n) is 4.54. The third-order valence-electron chi connectivity index (χ3n) is 3.09.